The first-order chi connectivity index (χ1) is 10.2. The molecule has 124 valence electrons. The summed E-state index contributed by atoms with van der Waals surface area (Å²) in [6.07, 6.45) is 7.26. The minimum Gasteiger partial charge on any atom is -0.447 e. The van der Waals surface area contributed by atoms with Crippen molar-refractivity contribution in [2.24, 2.45) is 11.1 Å². The Morgan fingerprint density at radius 2 is 2.32 bits per heavy atom. The van der Waals surface area contributed by atoms with Crippen molar-refractivity contribution < 1.29 is 13.9 Å². The number of oxazole rings is 1. The normalized spacial score (nSPS) is 27.9. The summed E-state index contributed by atoms with van der Waals surface area (Å²) in [6, 6.07) is 0. The number of nitrogens with zero attached hydrogens (tertiary/aromatic N) is 2. The number of rotatable bonds is 3. The second kappa shape index (κ2) is 6.98. The van der Waals surface area contributed by atoms with Gasteiger partial charge in [0.05, 0.1) is 12.6 Å². The standard InChI is InChI=1S/C15H23N3O3.ClH/c1-20-12-4-2-5-15(12)6-3-7-18(10-15)14(19)11-9-21-13(8-16)17-11;/h9,12H,2-8,10,16H2,1H3;1H/t12-,15+;/m1./s1. The van der Waals surface area contributed by atoms with Gasteiger partial charge in [0.2, 0.25) is 5.89 Å². The second-order valence-electron chi connectivity index (χ2n) is 6.14. The highest BCUT2D eigenvalue weighted by molar-refractivity contribution is 5.92. The van der Waals surface area contributed by atoms with Crippen LogP contribution in [-0.4, -0.2) is 42.1 Å². The van der Waals surface area contributed by atoms with E-state index in [1.807, 2.05) is 4.90 Å². The Labute approximate surface area is 136 Å². The van der Waals surface area contributed by atoms with E-state index in [0.717, 1.165) is 38.8 Å². The van der Waals surface area contributed by atoms with Crippen molar-refractivity contribution in [1.82, 2.24) is 9.88 Å². The zero-order valence-electron chi connectivity index (χ0n) is 12.9. The third-order valence-corrected chi connectivity index (χ3v) is 4.95. The molecule has 0 aromatic carbocycles. The smallest absolute Gasteiger partial charge is 0.275 e. The maximum Gasteiger partial charge on any atom is 0.275 e. The molecular weight excluding hydrogens is 306 g/mol. The van der Waals surface area contributed by atoms with E-state index in [1.165, 1.54) is 12.7 Å². The van der Waals surface area contributed by atoms with Gasteiger partial charge in [-0.3, -0.25) is 4.79 Å². The molecule has 1 aliphatic carbocycles. The van der Waals surface area contributed by atoms with Gasteiger partial charge in [0, 0.05) is 25.6 Å². The molecule has 2 N–H and O–H groups in total. The van der Waals surface area contributed by atoms with E-state index in [1.54, 1.807) is 7.11 Å². The van der Waals surface area contributed by atoms with Crippen molar-refractivity contribution in [3.63, 3.8) is 0 Å². The van der Waals surface area contributed by atoms with Gasteiger partial charge in [-0.2, -0.15) is 0 Å². The summed E-state index contributed by atoms with van der Waals surface area (Å²) in [6.45, 7) is 1.75. The second-order valence-corrected chi connectivity index (χ2v) is 6.14. The number of aromatic nitrogens is 1. The van der Waals surface area contributed by atoms with Crippen molar-refractivity contribution in [3.8, 4) is 0 Å². The first kappa shape index (κ1) is 17.2. The molecule has 2 atom stereocenters. The zero-order chi connectivity index (χ0) is 14.9. The number of hydrogen-bond donors (Lipinski definition) is 1. The number of ether oxygens (including phenoxy) is 1. The number of likely N-dealkylation sites (tertiary alicyclic amines) is 1. The zero-order valence-corrected chi connectivity index (χ0v) is 13.7. The van der Waals surface area contributed by atoms with Crippen molar-refractivity contribution in [2.75, 3.05) is 20.2 Å². The van der Waals surface area contributed by atoms with Crippen molar-refractivity contribution in [1.29, 1.82) is 0 Å². The van der Waals surface area contributed by atoms with Crippen LogP contribution < -0.4 is 5.73 Å². The van der Waals surface area contributed by atoms with Gasteiger partial charge in [0.25, 0.3) is 5.91 Å². The van der Waals surface area contributed by atoms with Gasteiger partial charge < -0.3 is 19.8 Å². The van der Waals surface area contributed by atoms with Crippen molar-refractivity contribution in [2.45, 2.75) is 44.8 Å². The highest BCUT2D eigenvalue weighted by atomic mass is 35.5. The lowest BCUT2D eigenvalue weighted by molar-refractivity contribution is -0.0296. The quantitative estimate of drug-likeness (QED) is 0.917. The molecule has 2 fully saturated rings. The molecule has 22 heavy (non-hydrogen) atoms. The Morgan fingerprint density at radius 1 is 1.55 bits per heavy atom. The molecule has 0 unspecified atom stereocenters. The van der Waals surface area contributed by atoms with E-state index in [-0.39, 0.29) is 36.4 Å². The van der Waals surface area contributed by atoms with E-state index < -0.39 is 0 Å². The number of carbonyl (C=O) groups excluding carboxylic acids is 1. The van der Waals surface area contributed by atoms with E-state index in [0.29, 0.717) is 11.6 Å². The van der Waals surface area contributed by atoms with Gasteiger partial charge in [-0.25, -0.2) is 4.98 Å². The average Bonchev–Trinajstić information content (AvgIpc) is 3.13. The minimum absolute atomic E-state index is 0. The Morgan fingerprint density at radius 3 is 3.00 bits per heavy atom. The first-order valence-corrected chi connectivity index (χ1v) is 7.65. The summed E-state index contributed by atoms with van der Waals surface area (Å²) in [5, 5.41) is 0. The largest absolute Gasteiger partial charge is 0.447 e. The number of amides is 1. The van der Waals surface area contributed by atoms with Crippen LogP contribution in [0.1, 0.15) is 48.5 Å². The van der Waals surface area contributed by atoms with Gasteiger partial charge in [0.1, 0.15) is 6.26 Å². The Balaban J connectivity index is 0.00000176. The summed E-state index contributed by atoms with van der Waals surface area (Å²) in [5.74, 6) is 0.347. The van der Waals surface area contributed by atoms with Gasteiger partial charge in [-0.1, -0.05) is 6.42 Å². The molecule has 7 heteroatoms. The van der Waals surface area contributed by atoms with E-state index >= 15 is 0 Å². The lowest BCUT2D eigenvalue weighted by Crippen LogP contribution is -2.49. The Hall–Kier alpha value is -1.11. The fourth-order valence-electron chi connectivity index (χ4n) is 3.94. The average molecular weight is 330 g/mol. The predicted molar refractivity (Wildman–Crippen MR) is 83.9 cm³/mol. The molecule has 1 aromatic heterocycles. The van der Waals surface area contributed by atoms with Gasteiger partial charge in [-0.05, 0) is 25.7 Å². The topological polar surface area (TPSA) is 81.6 Å². The molecule has 0 radical (unpaired) electrons. The lowest BCUT2D eigenvalue weighted by Gasteiger charge is -2.43. The molecule has 2 aliphatic rings. The Kier molecular flexibility index (Phi) is 5.47. The molecule has 3 rings (SSSR count). The first-order valence-electron chi connectivity index (χ1n) is 7.65. The molecule has 1 spiro atoms. The molecule has 2 heterocycles. The summed E-state index contributed by atoms with van der Waals surface area (Å²) in [5.41, 5.74) is 5.96. The third-order valence-electron chi connectivity index (χ3n) is 4.95. The monoisotopic (exact) mass is 329 g/mol. The summed E-state index contributed by atoms with van der Waals surface area (Å²) < 4.78 is 10.8. The van der Waals surface area contributed by atoms with Crippen molar-refractivity contribution >= 4 is 18.3 Å². The van der Waals surface area contributed by atoms with Crippen LogP contribution in [0.4, 0.5) is 0 Å². The van der Waals surface area contributed by atoms with Crippen LogP contribution in [0.15, 0.2) is 10.7 Å². The van der Waals surface area contributed by atoms with Crippen LogP contribution in [-0.2, 0) is 11.3 Å². The lowest BCUT2D eigenvalue weighted by atomic mass is 9.76. The number of carbonyl (C=O) groups is 1. The fourth-order valence-corrected chi connectivity index (χ4v) is 3.94. The van der Waals surface area contributed by atoms with Crippen molar-refractivity contribution in [3.05, 3.63) is 17.8 Å². The molecule has 1 aliphatic heterocycles. The van der Waals surface area contributed by atoms with Gasteiger partial charge in [-0.15, -0.1) is 12.4 Å². The van der Waals surface area contributed by atoms with Crippen LogP contribution >= 0.6 is 12.4 Å². The highest BCUT2D eigenvalue weighted by Crippen LogP contribution is 2.46. The summed E-state index contributed by atoms with van der Waals surface area (Å²) >= 11 is 0. The predicted octanol–water partition coefficient (Wildman–Crippen LogP) is 1.98. The van der Waals surface area contributed by atoms with Crippen LogP contribution in [0.25, 0.3) is 0 Å². The van der Waals surface area contributed by atoms with Crippen LogP contribution in [0, 0.1) is 5.41 Å². The minimum atomic E-state index is -0.0562. The third kappa shape index (κ3) is 3.00. The molecule has 1 amide bonds. The molecule has 6 nitrogen and oxygen atoms in total. The van der Waals surface area contributed by atoms with Crippen LogP contribution in [0.5, 0.6) is 0 Å². The number of piperidine rings is 1. The number of methoxy groups -OCH3 is 1. The summed E-state index contributed by atoms with van der Waals surface area (Å²) in [7, 11) is 1.78. The van der Waals surface area contributed by atoms with E-state index in [9.17, 15) is 4.79 Å². The molecular formula is C15H24ClN3O3. The van der Waals surface area contributed by atoms with Gasteiger partial charge >= 0.3 is 0 Å². The Bertz CT molecular complexity index is 522. The number of halogens is 1. The van der Waals surface area contributed by atoms with E-state index in [4.69, 9.17) is 14.9 Å². The van der Waals surface area contributed by atoms with Crippen LogP contribution in [0.2, 0.25) is 0 Å². The molecule has 1 saturated heterocycles. The summed E-state index contributed by atoms with van der Waals surface area (Å²) in [4.78, 5) is 18.6. The van der Waals surface area contributed by atoms with Gasteiger partial charge in [0.15, 0.2) is 5.69 Å². The highest BCUT2D eigenvalue weighted by Gasteiger charge is 2.46. The SMILES string of the molecule is CO[C@@H]1CCC[C@@]12CCCN(C(=O)c1coc(CN)n1)C2.Cl. The number of nitrogens with two attached hydrogens (primary N) is 1. The molecule has 0 bridgehead atoms. The fraction of sp³-hybridized carbons (Fsp3) is 0.733. The maximum atomic E-state index is 12.6. The van der Waals surface area contributed by atoms with E-state index in [2.05, 4.69) is 4.98 Å². The molecule has 1 aromatic rings. The molecule has 1 saturated carbocycles. The van der Waals surface area contributed by atoms with Crippen LogP contribution in [0.3, 0.4) is 0 Å². The number of hydrogen-bond acceptors (Lipinski definition) is 5. The maximum absolute atomic E-state index is 12.6.